The minimum absolute atomic E-state index is 0. The first-order chi connectivity index (χ1) is 12.3. The van der Waals surface area contributed by atoms with Crippen molar-refractivity contribution in [3.05, 3.63) is 35.9 Å². The molecule has 1 saturated carbocycles. The van der Waals surface area contributed by atoms with Crippen LogP contribution in [0.15, 0.2) is 30.3 Å². The van der Waals surface area contributed by atoms with E-state index in [2.05, 4.69) is 41.4 Å². The van der Waals surface area contributed by atoms with Crippen LogP contribution in [0.3, 0.4) is 0 Å². The van der Waals surface area contributed by atoms with E-state index in [9.17, 15) is 4.79 Å². The van der Waals surface area contributed by atoms with Gasteiger partial charge >= 0.3 is 0 Å². The van der Waals surface area contributed by atoms with Gasteiger partial charge in [-0.3, -0.25) is 9.69 Å². The molecule has 1 aromatic rings. The zero-order valence-corrected chi connectivity index (χ0v) is 18.9. The standard InChI is InChI=1S/C21H33N3O2.2ClH/c1-5-26-18-12-21(22,20(18,3)4)19(25)23-17-11-15(2)24(14-17)13-16-9-7-6-8-10-16;;/h6-10,15,17-18H,5,11-14,22H2,1-4H3,(H,23,25);2*1H. The average Bonchev–Trinajstić information content (AvgIpc) is 2.94. The van der Waals surface area contributed by atoms with Gasteiger partial charge in [-0.15, -0.1) is 24.8 Å². The number of benzene rings is 1. The number of hydrogen-bond acceptors (Lipinski definition) is 4. The number of nitrogens with one attached hydrogen (secondary N) is 1. The van der Waals surface area contributed by atoms with E-state index in [1.807, 2.05) is 26.8 Å². The highest BCUT2D eigenvalue weighted by Gasteiger charge is 2.63. The molecule has 3 rings (SSSR count). The normalized spacial score (nSPS) is 31.2. The second kappa shape index (κ2) is 9.77. The van der Waals surface area contributed by atoms with Gasteiger partial charge in [0.05, 0.1) is 6.10 Å². The molecule has 28 heavy (non-hydrogen) atoms. The van der Waals surface area contributed by atoms with Crippen molar-refractivity contribution in [2.75, 3.05) is 13.2 Å². The van der Waals surface area contributed by atoms with E-state index in [4.69, 9.17) is 10.5 Å². The van der Waals surface area contributed by atoms with Crippen molar-refractivity contribution < 1.29 is 9.53 Å². The molecule has 0 radical (unpaired) electrons. The van der Waals surface area contributed by atoms with Crippen LogP contribution < -0.4 is 11.1 Å². The van der Waals surface area contributed by atoms with Gasteiger partial charge in [-0.2, -0.15) is 0 Å². The first kappa shape index (κ1) is 25.2. The Balaban J connectivity index is 0.00000196. The minimum Gasteiger partial charge on any atom is -0.378 e. The number of halogens is 2. The van der Waals surface area contributed by atoms with Crippen molar-refractivity contribution >= 4 is 30.7 Å². The lowest BCUT2D eigenvalue weighted by Gasteiger charge is -2.57. The maximum atomic E-state index is 12.9. The van der Waals surface area contributed by atoms with Gasteiger partial charge in [0.2, 0.25) is 5.91 Å². The average molecular weight is 432 g/mol. The Kier molecular flexibility index (Phi) is 8.79. The summed E-state index contributed by atoms with van der Waals surface area (Å²) in [5, 5.41) is 3.22. The second-order valence-electron chi connectivity index (χ2n) is 8.51. The van der Waals surface area contributed by atoms with Crippen LogP contribution in [0.4, 0.5) is 0 Å². The second-order valence-corrected chi connectivity index (χ2v) is 8.51. The molecule has 1 aliphatic carbocycles. The van der Waals surface area contributed by atoms with Gasteiger partial charge in [-0.25, -0.2) is 0 Å². The maximum absolute atomic E-state index is 12.9. The summed E-state index contributed by atoms with van der Waals surface area (Å²) < 4.78 is 5.74. The van der Waals surface area contributed by atoms with Gasteiger partial charge in [0.25, 0.3) is 0 Å². The lowest BCUT2D eigenvalue weighted by atomic mass is 9.54. The Bertz CT molecular complexity index is 644. The third-order valence-electron chi connectivity index (χ3n) is 6.50. The van der Waals surface area contributed by atoms with E-state index < -0.39 is 5.54 Å². The molecular formula is C21H35Cl2N3O2. The predicted molar refractivity (Wildman–Crippen MR) is 118 cm³/mol. The summed E-state index contributed by atoms with van der Waals surface area (Å²) in [7, 11) is 0. The predicted octanol–water partition coefficient (Wildman–Crippen LogP) is 3.14. The molecule has 2 aliphatic rings. The molecule has 0 aromatic heterocycles. The summed E-state index contributed by atoms with van der Waals surface area (Å²) in [6, 6.07) is 11.1. The minimum atomic E-state index is -0.844. The molecule has 7 heteroatoms. The third kappa shape index (κ3) is 4.65. The molecule has 1 amide bonds. The molecule has 4 atom stereocenters. The molecule has 2 fully saturated rings. The lowest BCUT2D eigenvalue weighted by molar-refractivity contribution is -0.171. The van der Waals surface area contributed by atoms with Crippen LogP contribution in [0, 0.1) is 5.41 Å². The molecule has 4 unspecified atom stereocenters. The van der Waals surface area contributed by atoms with Crippen LogP contribution in [0.5, 0.6) is 0 Å². The Morgan fingerprint density at radius 1 is 1.29 bits per heavy atom. The quantitative estimate of drug-likeness (QED) is 0.725. The van der Waals surface area contributed by atoms with E-state index >= 15 is 0 Å². The molecule has 160 valence electrons. The largest absolute Gasteiger partial charge is 0.378 e. The number of likely N-dealkylation sites (tertiary alicyclic amines) is 1. The van der Waals surface area contributed by atoms with Crippen molar-refractivity contribution in [1.82, 2.24) is 10.2 Å². The van der Waals surface area contributed by atoms with E-state index in [1.54, 1.807) is 0 Å². The molecule has 1 aromatic carbocycles. The zero-order chi connectivity index (χ0) is 18.9. The first-order valence-corrected chi connectivity index (χ1v) is 9.77. The van der Waals surface area contributed by atoms with Crippen molar-refractivity contribution in [3.8, 4) is 0 Å². The number of nitrogens with two attached hydrogens (primary N) is 1. The van der Waals surface area contributed by atoms with Crippen LogP contribution in [-0.4, -0.2) is 47.7 Å². The van der Waals surface area contributed by atoms with Crippen LogP contribution in [0.25, 0.3) is 0 Å². The summed E-state index contributed by atoms with van der Waals surface area (Å²) in [5.41, 5.74) is 6.63. The van der Waals surface area contributed by atoms with Crippen molar-refractivity contribution in [2.24, 2.45) is 11.1 Å². The zero-order valence-electron chi connectivity index (χ0n) is 17.3. The number of carbonyl (C=O) groups excluding carboxylic acids is 1. The maximum Gasteiger partial charge on any atom is 0.241 e. The van der Waals surface area contributed by atoms with Gasteiger partial charge in [0.15, 0.2) is 0 Å². The lowest BCUT2D eigenvalue weighted by Crippen LogP contribution is -2.76. The number of nitrogens with zero attached hydrogens (tertiary/aromatic N) is 1. The Morgan fingerprint density at radius 2 is 1.93 bits per heavy atom. The van der Waals surface area contributed by atoms with E-state index in [-0.39, 0.29) is 48.3 Å². The first-order valence-electron chi connectivity index (χ1n) is 9.77. The topological polar surface area (TPSA) is 67.6 Å². The van der Waals surface area contributed by atoms with Crippen molar-refractivity contribution in [1.29, 1.82) is 0 Å². The molecule has 3 N–H and O–H groups in total. The number of ether oxygens (including phenoxy) is 1. The third-order valence-corrected chi connectivity index (χ3v) is 6.50. The Morgan fingerprint density at radius 3 is 2.50 bits per heavy atom. The number of rotatable bonds is 6. The monoisotopic (exact) mass is 431 g/mol. The van der Waals surface area contributed by atoms with Crippen LogP contribution in [0.1, 0.15) is 46.1 Å². The SMILES string of the molecule is CCOC1CC(N)(C(=O)NC2CC(C)N(Cc3ccccc3)C2)C1(C)C.Cl.Cl. The highest BCUT2D eigenvalue weighted by molar-refractivity contribution is 5.89. The Hall–Kier alpha value is -0.850. The molecule has 1 saturated heterocycles. The highest BCUT2D eigenvalue weighted by Crippen LogP contribution is 2.50. The van der Waals surface area contributed by atoms with Gasteiger partial charge < -0.3 is 15.8 Å². The number of amides is 1. The summed E-state index contributed by atoms with van der Waals surface area (Å²) >= 11 is 0. The van der Waals surface area contributed by atoms with Gasteiger partial charge in [-0.05, 0) is 25.8 Å². The van der Waals surface area contributed by atoms with Gasteiger partial charge in [0.1, 0.15) is 5.54 Å². The van der Waals surface area contributed by atoms with Crippen molar-refractivity contribution in [2.45, 2.75) is 70.8 Å². The van der Waals surface area contributed by atoms with Gasteiger partial charge in [-0.1, -0.05) is 44.2 Å². The molecule has 0 bridgehead atoms. The molecule has 0 spiro atoms. The fourth-order valence-corrected chi connectivity index (χ4v) is 4.38. The summed E-state index contributed by atoms with van der Waals surface area (Å²) in [4.78, 5) is 15.4. The smallest absolute Gasteiger partial charge is 0.241 e. The Labute approximate surface area is 181 Å². The van der Waals surface area contributed by atoms with Crippen LogP contribution in [-0.2, 0) is 16.1 Å². The molecule has 1 aliphatic heterocycles. The van der Waals surface area contributed by atoms with Crippen LogP contribution >= 0.6 is 24.8 Å². The molecule has 1 heterocycles. The number of carbonyl (C=O) groups is 1. The summed E-state index contributed by atoms with van der Waals surface area (Å²) in [6.45, 7) is 10.7. The fourth-order valence-electron chi connectivity index (χ4n) is 4.38. The van der Waals surface area contributed by atoms with E-state index in [0.29, 0.717) is 19.1 Å². The summed E-state index contributed by atoms with van der Waals surface area (Å²) in [6.07, 6.45) is 1.61. The van der Waals surface area contributed by atoms with Gasteiger partial charge in [0, 0.05) is 43.6 Å². The highest BCUT2D eigenvalue weighted by atomic mass is 35.5. The van der Waals surface area contributed by atoms with Crippen LogP contribution in [0.2, 0.25) is 0 Å². The number of hydrogen-bond donors (Lipinski definition) is 2. The van der Waals surface area contributed by atoms with E-state index in [1.165, 1.54) is 5.56 Å². The van der Waals surface area contributed by atoms with Crippen molar-refractivity contribution in [3.63, 3.8) is 0 Å². The fraction of sp³-hybridized carbons (Fsp3) is 0.667. The molecule has 5 nitrogen and oxygen atoms in total. The molecular weight excluding hydrogens is 397 g/mol. The summed E-state index contributed by atoms with van der Waals surface area (Å²) in [5.74, 6) is -0.0304. The van der Waals surface area contributed by atoms with E-state index in [0.717, 1.165) is 19.5 Å².